The first-order valence-corrected chi connectivity index (χ1v) is 6.00. The van der Waals surface area contributed by atoms with Gasteiger partial charge in [0.1, 0.15) is 12.2 Å². The third kappa shape index (κ3) is 3.21. The molecule has 96 valence electrons. The highest BCUT2D eigenvalue weighted by molar-refractivity contribution is 4.86. The second-order valence-electron chi connectivity index (χ2n) is 4.71. The van der Waals surface area contributed by atoms with E-state index < -0.39 is 5.92 Å². The van der Waals surface area contributed by atoms with Crippen LogP contribution in [0.1, 0.15) is 31.5 Å². The molecule has 4 nitrogen and oxygen atoms in total. The van der Waals surface area contributed by atoms with Crippen molar-refractivity contribution in [2.24, 2.45) is 5.92 Å². The summed E-state index contributed by atoms with van der Waals surface area (Å²) in [5.74, 6) is -1.68. The first-order chi connectivity index (χ1) is 8.11. The molecule has 1 aromatic heterocycles. The molecular formula is C11H18F2N4. The van der Waals surface area contributed by atoms with E-state index in [1.54, 1.807) is 4.68 Å². The third-order valence-electron chi connectivity index (χ3n) is 3.20. The van der Waals surface area contributed by atoms with Crippen molar-refractivity contribution in [3.05, 3.63) is 12.2 Å². The Morgan fingerprint density at radius 3 is 3.12 bits per heavy atom. The monoisotopic (exact) mass is 244 g/mol. The summed E-state index contributed by atoms with van der Waals surface area (Å²) in [6.45, 7) is 1.16. The molecule has 1 aliphatic rings. The van der Waals surface area contributed by atoms with Gasteiger partial charge in [0.2, 0.25) is 5.92 Å². The van der Waals surface area contributed by atoms with Gasteiger partial charge in [0.25, 0.3) is 0 Å². The van der Waals surface area contributed by atoms with Crippen LogP contribution in [0.25, 0.3) is 0 Å². The van der Waals surface area contributed by atoms with Gasteiger partial charge in [-0.15, -0.1) is 0 Å². The molecule has 0 aromatic carbocycles. The van der Waals surface area contributed by atoms with Crippen LogP contribution in [0.4, 0.5) is 8.78 Å². The normalized spacial score (nSPS) is 23.8. The molecule has 0 saturated heterocycles. The number of aromatic nitrogens is 3. The highest BCUT2D eigenvalue weighted by Gasteiger charge is 2.36. The van der Waals surface area contributed by atoms with Crippen LogP contribution in [-0.2, 0) is 13.1 Å². The Morgan fingerprint density at radius 2 is 2.41 bits per heavy atom. The van der Waals surface area contributed by atoms with Crippen molar-refractivity contribution in [2.75, 3.05) is 7.05 Å². The topological polar surface area (TPSA) is 42.7 Å². The Labute approximate surface area is 99.4 Å². The highest BCUT2D eigenvalue weighted by atomic mass is 19.3. The van der Waals surface area contributed by atoms with Crippen molar-refractivity contribution in [3.8, 4) is 0 Å². The van der Waals surface area contributed by atoms with E-state index in [4.69, 9.17) is 0 Å². The Morgan fingerprint density at radius 1 is 1.59 bits per heavy atom. The SMILES string of the molecule is CNCc1ncnn1CC1CCCC(F)(F)C1. The minimum Gasteiger partial charge on any atom is -0.313 e. The predicted molar refractivity (Wildman–Crippen MR) is 59.7 cm³/mol. The summed E-state index contributed by atoms with van der Waals surface area (Å²) in [6, 6.07) is 0. The molecular weight excluding hydrogens is 226 g/mol. The van der Waals surface area contributed by atoms with Gasteiger partial charge in [-0.25, -0.2) is 18.4 Å². The first kappa shape index (κ1) is 12.4. The fourth-order valence-electron chi connectivity index (χ4n) is 2.41. The van der Waals surface area contributed by atoms with Crippen molar-refractivity contribution in [2.45, 2.75) is 44.7 Å². The van der Waals surface area contributed by atoms with E-state index in [9.17, 15) is 8.78 Å². The first-order valence-electron chi connectivity index (χ1n) is 6.00. The Balaban J connectivity index is 1.98. The lowest BCUT2D eigenvalue weighted by Crippen LogP contribution is -2.29. The fourth-order valence-corrected chi connectivity index (χ4v) is 2.41. The van der Waals surface area contributed by atoms with Crippen molar-refractivity contribution in [1.29, 1.82) is 0 Å². The van der Waals surface area contributed by atoms with Gasteiger partial charge in [0, 0.05) is 19.4 Å². The lowest BCUT2D eigenvalue weighted by molar-refractivity contribution is -0.0553. The van der Waals surface area contributed by atoms with Crippen molar-refractivity contribution in [3.63, 3.8) is 0 Å². The van der Waals surface area contributed by atoms with Gasteiger partial charge in [-0.05, 0) is 25.8 Å². The van der Waals surface area contributed by atoms with E-state index in [1.807, 2.05) is 7.05 Å². The molecule has 1 fully saturated rings. The largest absolute Gasteiger partial charge is 0.313 e. The van der Waals surface area contributed by atoms with Crippen LogP contribution >= 0.6 is 0 Å². The predicted octanol–water partition coefficient (Wildman–Crippen LogP) is 1.82. The average Bonchev–Trinajstić information content (AvgIpc) is 2.65. The third-order valence-corrected chi connectivity index (χ3v) is 3.20. The summed E-state index contributed by atoms with van der Waals surface area (Å²) in [6.07, 6.45) is 2.95. The number of halogens is 2. The molecule has 1 atom stereocenters. The summed E-state index contributed by atoms with van der Waals surface area (Å²) >= 11 is 0. The lowest BCUT2D eigenvalue weighted by Gasteiger charge is -2.28. The molecule has 0 bridgehead atoms. The van der Waals surface area contributed by atoms with Crippen LogP contribution in [0.2, 0.25) is 0 Å². The van der Waals surface area contributed by atoms with Gasteiger partial charge in [0.05, 0.1) is 6.54 Å². The lowest BCUT2D eigenvalue weighted by atomic mass is 9.86. The number of hydrogen-bond acceptors (Lipinski definition) is 3. The van der Waals surface area contributed by atoms with E-state index in [0.717, 1.165) is 12.2 Å². The standard InChI is InChI=1S/C11H18F2N4/c1-14-6-10-15-8-16-17(10)7-9-3-2-4-11(12,13)5-9/h8-9,14H,2-7H2,1H3. The summed E-state index contributed by atoms with van der Waals surface area (Å²) in [5, 5.41) is 7.09. The van der Waals surface area contributed by atoms with E-state index in [1.165, 1.54) is 6.33 Å². The molecule has 0 amide bonds. The maximum Gasteiger partial charge on any atom is 0.248 e. The zero-order chi connectivity index (χ0) is 12.3. The summed E-state index contributed by atoms with van der Waals surface area (Å²) in [4.78, 5) is 4.11. The minimum atomic E-state index is -2.49. The summed E-state index contributed by atoms with van der Waals surface area (Å²) in [5.41, 5.74) is 0. The van der Waals surface area contributed by atoms with Gasteiger partial charge >= 0.3 is 0 Å². The van der Waals surface area contributed by atoms with Crippen LogP contribution in [0, 0.1) is 5.92 Å². The molecule has 1 heterocycles. The fraction of sp³-hybridized carbons (Fsp3) is 0.818. The van der Waals surface area contributed by atoms with E-state index >= 15 is 0 Å². The van der Waals surface area contributed by atoms with Crippen LogP contribution in [-0.4, -0.2) is 27.7 Å². The molecule has 1 unspecified atom stereocenters. The van der Waals surface area contributed by atoms with Crippen LogP contribution < -0.4 is 5.32 Å². The molecule has 0 radical (unpaired) electrons. The number of rotatable bonds is 4. The van der Waals surface area contributed by atoms with Gasteiger partial charge < -0.3 is 5.32 Å². The van der Waals surface area contributed by atoms with Crippen molar-refractivity contribution >= 4 is 0 Å². The molecule has 0 aliphatic heterocycles. The molecule has 1 aromatic rings. The van der Waals surface area contributed by atoms with Crippen LogP contribution in [0.5, 0.6) is 0 Å². The van der Waals surface area contributed by atoms with Crippen LogP contribution in [0.15, 0.2) is 6.33 Å². The van der Waals surface area contributed by atoms with E-state index in [0.29, 0.717) is 19.5 Å². The maximum atomic E-state index is 13.3. The zero-order valence-corrected chi connectivity index (χ0v) is 9.99. The smallest absolute Gasteiger partial charge is 0.248 e. The van der Waals surface area contributed by atoms with Crippen molar-refractivity contribution in [1.82, 2.24) is 20.1 Å². The molecule has 17 heavy (non-hydrogen) atoms. The number of nitrogens with zero attached hydrogens (tertiary/aromatic N) is 3. The second-order valence-corrected chi connectivity index (χ2v) is 4.71. The van der Waals surface area contributed by atoms with Gasteiger partial charge in [-0.2, -0.15) is 5.10 Å². The molecule has 0 spiro atoms. The second kappa shape index (κ2) is 5.08. The molecule has 1 aliphatic carbocycles. The average molecular weight is 244 g/mol. The summed E-state index contributed by atoms with van der Waals surface area (Å²) < 4.78 is 28.3. The molecule has 1 saturated carbocycles. The molecule has 6 heteroatoms. The van der Waals surface area contributed by atoms with Gasteiger partial charge in [-0.3, -0.25) is 0 Å². The Bertz CT molecular complexity index is 364. The Hall–Kier alpha value is -1.04. The van der Waals surface area contributed by atoms with E-state index in [-0.39, 0.29) is 18.8 Å². The minimum absolute atomic E-state index is 0.0102. The number of nitrogens with one attached hydrogen (secondary N) is 1. The number of alkyl halides is 2. The van der Waals surface area contributed by atoms with Crippen LogP contribution in [0.3, 0.4) is 0 Å². The molecule has 1 N–H and O–H groups in total. The number of hydrogen-bond donors (Lipinski definition) is 1. The van der Waals surface area contributed by atoms with Gasteiger partial charge in [0.15, 0.2) is 0 Å². The highest BCUT2D eigenvalue weighted by Crippen LogP contribution is 2.37. The molecule has 2 rings (SSSR count). The van der Waals surface area contributed by atoms with Gasteiger partial charge in [-0.1, -0.05) is 0 Å². The van der Waals surface area contributed by atoms with E-state index in [2.05, 4.69) is 15.4 Å². The summed E-state index contributed by atoms with van der Waals surface area (Å²) in [7, 11) is 1.83. The zero-order valence-electron chi connectivity index (χ0n) is 9.99. The van der Waals surface area contributed by atoms with Crippen molar-refractivity contribution < 1.29 is 8.78 Å². The maximum absolute atomic E-state index is 13.3. The quantitative estimate of drug-likeness (QED) is 0.878. The Kier molecular flexibility index (Phi) is 3.71.